The molecule has 1 atom stereocenters. The summed E-state index contributed by atoms with van der Waals surface area (Å²) in [6, 6.07) is 1.65. The maximum Gasteiger partial charge on any atom is 0.254 e. The Hall–Kier alpha value is -1.69. The van der Waals surface area contributed by atoms with E-state index in [1.54, 1.807) is 7.11 Å². The van der Waals surface area contributed by atoms with E-state index in [1.807, 2.05) is 6.92 Å². The van der Waals surface area contributed by atoms with Crippen molar-refractivity contribution >= 4 is 11.6 Å². The van der Waals surface area contributed by atoms with Crippen molar-refractivity contribution in [1.29, 1.82) is 0 Å². The molecule has 0 aromatic heterocycles. The molecule has 100 valence electrons. The fraction of sp³-hybridized carbons (Fsp3) is 0.417. The number of nitrogens with one attached hydrogen (secondary N) is 1. The highest BCUT2D eigenvalue weighted by atomic mass is 19.1. The number of carbonyl (C=O) groups excluding carboxylic acids is 1. The number of amides is 1. The highest BCUT2D eigenvalue weighted by Crippen LogP contribution is 2.17. The molecule has 1 aromatic rings. The molecule has 0 aliphatic rings. The Bertz CT molecular complexity index is 438. The van der Waals surface area contributed by atoms with Crippen LogP contribution in [-0.2, 0) is 4.74 Å². The lowest BCUT2D eigenvalue weighted by Gasteiger charge is -2.12. The zero-order chi connectivity index (χ0) is 13.7. The van der Waals surface area contributed by atoms with E-state index in [9.17, 15) is 13.6 Å². The van der Waals surface area contributed by atoms with E-state index in [0.717, 1.165) is 12.1 Å². The number of carbonyl (C=O) groups is 1. The lowest BCUT2D eigenvalue weighted by Crippen LogP contribution is -2.30. The number of hydrogen-bond acceptors (Lipinski definition) is 3. The van der Waals surface area contributed by atoms with E-state index in [-0.39, 0.29) is 11.6 Å². The van der Waals surface area contributed by atoms with E-state index in [0.29, 0.717) is 13.2 Å². The smallest absolute Gasteiger partial charge is 0.254 e. The van der Waals surface area contributed by atoms with E-state index in [1.165, 1.54) is 0 Å². The van der Waals surface area contributed by atoms with Crippen molar-refractivity contribution in [3.63, 3.8) is 0 Å². The number of benzene rings is 1. The van der Waals surface area contributed by atoms with Crippen LogP contribution in [0.15, 0.2) is 12.1 Å². The van der Waals surface area contributed by atoms with Crippen molar-refractivity contribution in [2.75, 3.05) is 26.0 Å². The van der Waals surface area contributed by atoms with Gasteiger partial charge in [0.1, 0.15) is 5.82 Å². The number of hydrogen-bond donors (Lipinski definition) is 2. The van der Waals surface area contributed by atoms with Crippen molar-refractivity contribution in [1.82, 2.24) is 5.32 Å². The van der Waals surface area contributed by atoms with E-state index >= 15 is 0 Å². The lowest BCUT2D eigenvalue weighted by atomic mass is 10.1. The first-order valence-corrected chi connectivity index (χ1v) is 5.47. The molecular weight excluding hydrogens is 242 g/mol. The first kappa shape index (κ1) is 14.4. The van der Waals surface area contributed by atoms with Gasteiger partial charge in [-0.25, -0.2) is 8.78 Å². The van der Waals surface area contributed by atoms with Gasteiger partial charge in [-0.3, -0.25) is 4.79 Å². The van der Waals surface area contributed by atoms with Gasteiger partial charge >= 0.3 is 0 Å². The van der Waals surface area contributed by atoms with Gasteiger partial charge in [-0.1, -0.05) is 6.92 Å². The van der Waals surface area contributed by atoms with Crippen LogP contribution in [0.5, 0.6) is 0 Å². The molecule has 0 spiro atoms. The summed E-state index contributed by atoms with van der Waals surface area (Å²) in [5, 5.41) is 2.50. The Kier molecular flexibility index (Phi) is 5.03. The van der Waals surface area contributed by atoms with Crippen molar-refractivity contribution in [2.45, 2.75) is 6.92 Å². The lowest BCUT2D eigenvalue weighted by molar-refractivity contribution is 0.0929. The maximum absolute atomic E-state index is 13.5. The predicted octanol–water partition coefficient (Wildman–Crippen LogP) is 1.56. The highest BCUT2D eigenvalue weighted by molar-refractivity contribution is 5.95. The average Bonchev–Trinajstić information content (AvgIpc) is 2.31. The molecule has 0 saturated heterocycles. The molecule has 6 heteroatoms. The fourth-order valence-corrected chi connectivity index (χ4v) is 1.48. The van der Waals surface area contributed by atoms with Crippen LogP contribution in [0.3, 0.4) is 0 Å². The summed E-state index contributed by atoms with van der Waals surface area (Å²) in [5.41, 5.74) is 4.47. The molecule has 1 aromatic carbocycles. The third-order valence-electron chi connectivity index (χ3n) is 2.37. The van der Waals surface area contributed by atoms with Gasteiger partial charge in [-0.2, -0.15) is 0 Å². The minimum absolute atomic E-state index is 0.0768. The molecule has 1 rings (SSSR count). The number of ether oxygens (including phenoxy) is 1. The summed E-state index contributed by atoms with van der Waals surface area (Å²) in [5.74, 6) is -2.27. The minimum Gasteiger partial charge on any atom is -0.396 e. The maximum atomic E-state index is 13.5. The minimum atomic E-state index is -0.909. The monoisotopic (exact) mass is 258 g/mol. The summed E-state index contributed by atoms with van der Waals surface area (Å²) in [4.78, 5) is 11.7. The normalized spacial score (nSPS) is 12.2. The van der Waals surface area contributed by atoms with E-state index < -0.39 is 23.1 Å². The molecule has 4 nitrogen and oxygen atoms in total. The van der Waals surface area contributed by atoms with Crippen LogP contribution in [0.25, 0.3) is 0 Å². The molecule has 1 amide bonds. The molecular formula is C12H16F2N2O2. The molecule has 1 unspecified atom stereocenters. The summed E-state index contributed by atoms with van der Waals surface area (Å²) >= 11 is 0. The number of nitrogens with two attached hydrogens (primary N) is 1. The third-order valence-corrected chi connectivity index (χ3v) is 2.37. The number of nitrogen functional groups attached to an aromatic ring is 1. The van der Waals surface area contributed by atoms with Crippen molar-refractivity contribution < 1.29 is 18.3 Å². The molecule has 0 radical (unpaired) electrons. The Morgan fingerprint density at radius 3 is 2.78 bits per heavy atom. The Morgan fingerprint density at radius 2 is 2.17 bits per heavy atom. The van der Waals surface area contributed by atoms with Crippen LogP contribution in [-0.4, -0.2) is 26.2 Å². The van der Waals surface area contributed by atoms with Crippen molar-refractivity contribution in [3.05, 3.63) is 29.3 Å². The van der Waals surface area contributed by atoms with Gasteiger partial charge in [0.25, 0.3) is 5.91 Å². The van der Waals surface area contributed by atoms with E-state index in [2.05, 4.69) is 5.32 Å². The van der Waals surface area contributed by atoms with Crippen molar-refractivity contribution in [2.24, 2.45) is 5.92 Å². The third kappa shape index (κ3) is 3.66. The molecule has 18 heavy (non-hydrogen) atoms. The van der Waals surface area contributed by atoms with Gasteiger partial charge in [-0.15, -0.1) is 0 Å². The summed E-state index contributed by atoms with van der Waals surface area (Å²) < 4.78 is 31.5. The molecule has 0 aliphatic carbocycles. The van der Waals surface area contributed by atoms with Crippen LogP contribution in [0.1, 0.15) is 17.3 Å². The topological polar surface area (TPSA) is 64.3 Å². The summed E-state index contributed by atoms with van der Waals surface area (Å²) in [7, 11) is 1.55. The van der Waals surface area contributed by atoms with Crippen molar-refractivity contribution in [3.8, 4) is 0 Å². The Morgan fingerprint density at radius 1 is 1.50 bits per heavy atom. The van der Waals surface area contributed by atoms with Gasteiger partial charge < -0.3 is 15.8 Å². The van der Waals surface area contributed by atoms with Crippen LogP contribution in [0.4, 0.5) is 14.5 Å². The quantitative estimate of drug-likeness (QED) is 0.788. The largest absolute Gasteiger partial charge is 0.396 e. The predicted molar refractivity (Wildman–Crippen MR) is 64.1 cm³/mol. The molecule has 0 aliphatic heterocycles. The molecule has 3 N–H and O–H groups in total. The summed E-state index contributed by atoms with van der Waals surface area (Å²) in [6.45, 7) is 2.64. The second kappa shape index (κ2) is 6.30. The Balaban J connectivity index is 2.73. The van der Waals surface area contributed by atoms with Crippen LogP contribution in [0, 0.1) is 17.6 Å². The first-order chi connectivity index (χ1) is 8.45. The Labute approximate surface area is 104 Å². The van der Waals surface area contributed by atoms with Crippen LogP contribution < -0.4 is 11.1 Å². The van der Waals surface area contributed by atoms with Gasteiger partial charge in [0, 0.05) is 13.7 Å². The highest BCUT2D eigenvalue weighted by Gasteiger charge is 2.16. The second-order valence-corrected chi connectivity index (χ2v) is 4.13. The fourth-order valence-electron chi connectivity index (χ4n) is 1.48. The summed E-state index contributed by atoms with van der Waals surface area (Å²) in [6.07, 6.45) is 0. The molecule has 0 bridgehead atoms. The van der Waals surface area contributed by atoms with Crippen LogP contribution >= 0.6 is 0 Å². The zero-order valence-electron chi connectivity index (χ0n) is 10.3. The molecule has 0 heterocycles. The molecule has 0 saturated carbocycles. The van der Waals surface area contributed by atoms with Gasteiger partial charge in [0.05, 0.1) is 17.9 Å². The average molecular weight is 258 g/mol. The number of anilines is 1. The SMILES string of the molecule is COCC(C)CNC(=O)c1cc(F)cc(N)c1F. The van der Waals surface area contributed by atoms with Gasteiger partial charge in [0.15, 0.2) is 5.82 Å². The second-order valence-electron chi connectivity index (χ2n) is 4.13. The van der Waals surface area contributed by atoms with Gasteiger partial charge in [0.2, 0.25) is 0 Å². The number of halogens is 2. The molecule has 0 fully saturated rings. The first-order valence-electron chi connectivity index (χ1n) is 5.47. The van der Waals surface area contributed by atoms with E-state index in [4.69, 9.17) is 10.5 Å². The number of rotatable bonds is 5. The zero-order valence-corrected chi connectivity index (χ0v) is 10.3. The standard InChI is InChI=1S/C12H16F2N2O2/c1-7(6-18-2)5-16-12(17)9-3-8(13)4-10(15)11(9)14/h3-4,7H,5-6,15H2,1-2H3,(H,16,17). The van der Waals surface area contributed by atoms with Crippen LogP contribution in [0.2, 0.25) is 0 Å². The van der Waals surface area contributed by atoms with Gasteiger partial charge in [-0.05, 0) is 18.1 Å². The number of methoxy groups -OCH3 is 1.